The number of rotatable bonds is 5. The zero-order valence-corrected chi connectivity index (χ0v) is 11.9. The number of nitrogens with one attached hydrogen (secondary N) is 1. The van der Waals surface area contributed by atoms with E-state index < -0.39 is 0 Å². The maximum Gasteiger partial charge on any atom is 0.174 e. The Labute approximate surface area is 125 Å². The maximum absolute atomic E-state index is 8.48. The number of ether oxygens (including phenoxy) is 1. The van der Waals surface area contributed by atoms with Crippen LogP contribution in [0.1, 0.15) is 29.2 Å². The second kappa shape index (κ2) is 6.43. The van der Waals surface area contributed by atoms with Crippen LogP contribution in [0.5, 0.6) is 5.75 Å². The molecule has 0 amide bonds. The normalized spacial score (nSPS) is 16.2. The Morgan fingerprint density at radius 1 is 1.14 bits per heavy atom. The van der Waals surface area contributed by atoms with Crippen LogP contribution in [0.25, 0.3) is 0 Å². The van der Waals surface area contributed by atoms with Gasteiger partial charge in [0.05, 0.1) is 0 Å². The molecule has 0 fully saturated rings. The van der Waals surface area contributed by atoms with E-state index in [-0.39, 0.29) is 6.61 Å². The van der Waals surface area contributed by atoms with E-state index in [0.717, 1.165) is 18.7 Å². The number of nitriles is 1. The third-order valence-electron chi connectivity index (χ3n) is 3.91. The van der Waals surface area contributed by atoms with Crippen LogP contribution in [0, 0.1) is 11.3 Å². The predicted molar refractivity (Wildman–Crippen MR) is 81.9 cm³/mol. The Bertz CT molecular complexity index is 643. The molecule has 3 rings (SSSR count). The minimum absolute atomic E-state index is 0.0937. The van der Waals surface area contributed by atoms with E-state index in [1.54, 1.807) is 0 Å². The Balaban J connectivity index is 1.58. The van der Waals surface area contributed by atoms with E-state index in [0.29, 0.717) is 6.04 Å². The molecule has 21 heavy (non-hydrogen) atoms. The molecule has 1 atom stereocenters. The summed E-state index contributed by atoms with van der Waals surface area (Å²) in [6.07, 6.45) is 2.33. The average Bonchev–Trinajstić information content (AvgIpc) is 2.95. The van der Waals surface area contributed by atoms with Gasteiger partial charge < -0.3 is 10.1 Å². The van der Waals surface area contributed by atoms with Crippen molar-refractivity contribution in [2.24, 2.45) is 0 Å². The zero-order chi connectivity index (χ0) is 14.5. The van der Waals surface area contributed by atoms with Gasteiger partial charge in [0.1, 0.15) is 11.8 Å². The Morgan fingerprint density at radius 2 is 1.95 bits per heavy atom. The van der Waals surface area contributed by atoms with Crippen molar-refractivity contribution in [2.75, 3.05) is 6.61 Å². The van der Waals surface area contributed by atoms with Gasteiger partial charge >= 0.3 is 0 Å². The van der Waals surface area contributed by atoms with Crippen molar-refractivity contribution in [1.82, 2.24) is 5.32 Å². The molecule has 3 nitrogen and oxygen atoms in total. The highest BCUT2D eigenvalue weighted by Crippen LogP contribution is 2.30. The Kier molecular flexibility index (Phi) is 4.18. The lowest BCUT2D eigenvalue weighted by atomic mass is 10.1. The first-order chi connectivity index (χ1) is 10.4. The van der Waals surface area contributed by atoms with Gasteiger partial charge in [0.2, 0.25) is 0 Å². The third kappa shape index (κ3) is 3.24. The highest BCUT2D eigenvalue weighted by atomic mass is 16.5. The Morgan fingerprint density at radius 3 is 2.76 bits per heavy atom. The quantitative estimate of drug-likeness (QED) is 0.912. The SMILES string of the molecule is N#CCOc1ccc(CNC2CCc3ccccc32)cc1. The van der Waals surface area contributed by atoms with Crippen LogP contribution in [0.2, 0.25) is 0 Å². The summed E-state index contributed by atoms with van der Waals surface area (Å²) in [4.78, 5) is 0. The number of aryl methyl sites for hydroxylation is 1. The van der Waals surface area contributed by atoms with Gasteiger partial charge in [0, 0.05) is 12.6 Å². The van der Waals surface area contributed by atoms with Gasteiger partial charge in [-0.25, -0.2) is 0 Å². The van der Waals surface area contributed by atoms with Crippen LogP contribution in [0.15, 0.2) is 48.5 Å². The highest BCUT2D eigenvalue weighted by molar-refractivity contribution is 5.34. The molecule has 0 radical (unpaired) electrons. The van der Waals surface area contributed by atoms with Crippen LogP contribution in [0.4, 0.5) is 0 Å². The van der Waals surface area contributed by atoms with Gasteiger partial charge in [-0.15, -0.1) is 0 Å². The van der Waals surface area contributed by atoms with E-state index in [1.165, 1.54) is 23.1 Å². The van der Waals surface area contributed by atoms with Crippen molar-refractivity contribution in [3.05, 3.63) is 65.2 Å². The van der Waals surface area contributed by atoms with Crippen molar-refractivity contribution in [3.63, 3.8) is 0 Å². The van der Waals surface area contributed by atoms with E-state index in [9.17, 15) is 0 Å². The topological polar surface area (TPSA) is 45.0 Å². The molecule has 106 valence electrons. The molecule has 0 spiro atoms. The predicted octanol–water partition coefficient (Wildman–Crippen LogP) is 3.37. The first kappa shape index (κ1) is 13.7. The average molecular weight is 278 g/mol. The standard InChI is InChI=1S/C18H18N2O/c19-11-12-21-16-8-5-14(6-9-16)13-20-18-10-7-15-3-1-2-4-17(15)18/h1-6,8-9,18,20H,7,10,12-13H2. The monoisotopic (exact) mass is 278 g/mol. The second-order valence-electron chi connectivity index (χ2n) is 5.26. The lowest BCUT2D eigenvalue weighted by Crippen LogP contribution is -2.18. The molecule has 0 aromatic heterocycles. The summed E-state index contributed by atoms with van der Waals surface area (Å²) in [7, 11) is 0. The van der Waals surface area contributed by atoms with Gasteiger partial charge in [-0.3, -0.25) is 0 Å². The largest absolute Gasteiger partial charge is 0.479 e. The fourth-order valence-electron chi connectivity index (χ4n) is 2.83. The van der Waals surface area contributed by atoms with Gasteiger partial charge in [-0.05, 0) is 41.7 Å². The summed E-state index contributed by atoms with van der Waals surface area (Å²) >= 11 is 0. The minimum atomic E-state index is 0.0937. The van der Waals surface area contributed by atoms with Crippen LogP contribution >= 0.6 is 0 Å². The minimum Gasteiger partial charge on any atom is -0.479 e. The Hall–Kier alpha value is -2.31. The smallest absolute Gasteiger partial charge is 0.174 e. The molecule has 0 aliphatic heterocycles. The number of benzene rings is 2. The highest BCUT2D eigenvalue weighted by Gasteiger charge is 2.20. The fraction of sp³-hybridized carbons (Fsp3) is 0.278. The lowest BCUT2D eigenvalue weighted by Gasteiger charge is -2.14. The molecule has 0 heterocycles. The molecular weight excluding hydrogens is 260 g/mol. The fourth-order valence-corrected chi connectivity index (χ4v) is 2.83. The lowest BCUT2D eigenvalue weighted by molar-refractivity contribution is 0.368. The van der Waals surface area contributed by atoms with Gasteiger partial charge in [-0.2, -0.15) is 5.26 Å². The molecule has 3 heteroatoms. The molecular formula is C18H18N2O. The zero-order valence-electron chi connectivity index (χ0n) is 11.9. The summed E-state index contributed by atoms with van der Waals surface area (Å²) < 4.78 is 5.25. The van der Waals surface area contributed by atoms with Crippen molar-refractivity contribution < 1.29 is 4.74 Å². The van der Waals surface area contributed by atoms with Crippen LogP contribution in [-0.2, 0) is 13.0 Å². The van der Waals surface area contributed by atoms with E-state index in [1.807, 2.05) is 30.3 Å². The van der Waals surface area contributed by atoms with Crippen molar-refractivity contribution in [2.45, 2.75) is 25.4 Å². The van der Waals surface area contributed by atoms with E-state index in [4.69, 9.17) is 10.00 Å². The van der Waals surface area contributed by atoms with Crippen molar-refractivity contribution in [1.29, 1.82) is 5.26 Å². The van der Waals surface area contributed by atoms with Crippen LogP contribution < -0.4 is 10.1 Å². The van der Waals surface area contributed by atoms with Crippen LogP contribution in [0.3, 0.4) is 0 Å². The molecule has 1 aliphatic rings. The molecule has 0 bridgehead atoms. The van der Waals surface area contributed by atoms with Gasteiger partial charge in [0.15, 0.2) is 6.61 Å². The third-order valence-corrected chi connectivity index (χ3v) is 3.91. The summed E-state index contributed by atoms with van der Waals surface area (Å²) in [6, 6.07) is 19.0. The summed E-state index contributed by atoms with van der Waals surface area (Å²) in [5.41, 5.74) is 4.13. The summed E-state index contributed by atoms with van der Waals surface area (Å²) in [6.45, 7) is 0.938. The molecule has 1 N–H and O–H groups in total. The van der Waals surface area contributed by atoms with E-state index in [2.05, 4.69) is 29.6 Å². The number of fused-ring (bicyclic) bond motifs is 1. The number of hydrogen-bond acceptors (Lipinski definition) is 3. The van der Waals surface area contributed by atoms with Gasteiger partial charge in [-0.1, -0.05) is 36.4 Å². The van der Waals surface area contributed by atoms with Crippen molar-refractivity contribution in [3.8, 4) is 11.8 Å². The maximum atomic E-state index is 8.48. The summed E-state index contributed by atoms with van der Waals surface area (Å²) in [5.74, 6) is 0.742. The molecule has 2 aromatic carbocycles. The molecule has 1 unspecified atom stereocenters. The molecule has 0 saturated heterocycles. The summed E-state index contributed by atoms with van der Waals surface area (Å²) in [5, 5.41) is 12.1. The van der Waals surface area contributed by atoms with Gasteiger partial charge in [0.25, 0.3) is 0 Å². The second-order valence-corrected chi connectivity index (χ2v) is 5.26. The number of hydrogen-bond donors (Lipinski definition) is 1. The number of nitrogens with zero attached hydrogens (tertiary/aromatic N) is 1. The molecule has 1 aliphatic carbocycles. The molecule has 0 saturated carbocycles. The first-order valence-electron chi connectivity index (χ1n) is 7.26. The first-order valence-corrected chi connectivity index (χ1v) is 7.26. The van der Waals surface area contributed by atoms with E-state index >= 15 is 0 Å². The van der Waals surface area contributed by atoms with Crippen LogP contribution in [-0.4, -0.2) is 6.61 Å². The molecule has 2 aromatic rings. The van der Waals surface area contributed by atoms with Crippen molar-refractivity contribution >= 4 is 0 Å².